The van der Waals surface area contributed by atoms with Gasteiger partial charge in [-0.05, 0) is 128 Å². The van der Waals surface area contributed by atoms with Crippen LogP contribution in [-0.2, 0) is 28.6 Å². The second kappa shape index (κ2) is 70.3. The Morgan fingerprint density at radius 2 is 0.470 bits per heavy atom. The van der Waals surface area contributed by atoms with E-state index in [0.29, 0.717) is 19.3 Å². The first-order valence-electron chi connectivity index (χ1n) is 35.0. The molecule has 0 aromatic heterocycles. The number of carbonyl (C=O) groups excluding carboxylic acids is 3. The van der Waals surface area contributed by atoms with E-state index in [2.05, 4.69) is 142 Å². The lowest BCUT2D eigenvalue weighted by molar-refractivity contribution is -0.167. The number of esters is 3. The van der Waals surface area contributed by atoms with E-state index in [-0.39, 0.29) is 31.1 Å². The predicted octanol–water partition coefficient (Wildman–Crippen LogP) is 24.3. The van der Waals surface area contributed by atoms with Crippen LogP contribution in [0.4, 0.5) is 0 Å². The van der Waals surface area contributed by atoms with E-state index >= 15 is 0 Å². The molecule has 0 amide bonds. The lowest BCUT2D eigenvalue weighted by Gasteiger charge is -2.18. The minimum absolute atomic E-state index is 0.0925. The fourth-order valence-corrected chi connectivity index (χ4v) is 9.75. The number of unbranched alkanes of at least 4 members (excludes halogenated alkanes) is 32. The summed E-state index contributed by atoms with van der Waals surface area (Å²) in [4.78, 5) is 38.4. The highest BCUT2D eigenvalue weighted by Gasteiger charge is 2.19. The van der Waals surface area contributed by atoms with Crippen molar-refractivity contribution in [1.29, 1.82) is 0 Å². The van der Waals surface area contributed by atoms with E-state index in [9.17, 15) is 14.4 Å². The fraction of sp³-hybridized carbons (Fsp3) is 0.701. The highest BCUT2D eigenvalue weighted by Crippen LogP contribution is 2.17. The molecule has 0 heterocycles. The van der Waals surface area contributed by atoms with Crippen LogP contribution in [0, 0.1) is 0 Å². The van der Waals surface area contributed by atoms with Gasteiger partial charge in [0.15, 0.2) is 6.10 Å². The molecule has 0 rings (SSSR count). The minimum Gasteiger partial charge on any atom is -0.462 e. The number of allylic oxidation sites excluding steroid dienone is 20. The summed E-state index contributed by atoms with van der Waals surface area (Å²) in [5, 5.41) is 0. The SMILES string of the molecule is CC/C=C\C/C=C\C/C=C\C/C=C\C/C=C\CCCCCCCCCC(=O)OC(COC(=O)CCCCC/C=C\C/C=C\C/C=C\CC)COC(=O)CCCCCCCCCCCCCCCCCCC/C=C\C/C=C\CCCCCCC. The normalized spacial score (nSPS) is 12.9. The largest absolute Gasteiger partial charge is 0.462 e. The zero-order valence-electron chi connectivity index (χ0n) is 54.4. The van der Waals surface area contributed by atoms with Crippen molar-refractivity contribution in [3.63, 3.8) is 0 Å². The molecule has 0 aromatic rings. The first-order chi connectivity index (χ1) is 41.0. The molecule has 0 aromatic carbocycles. The van der Waals surface area contributed by atoms with Crippen LogP contribution in [-0.4, -0.2) is 37.2 Å². The molecule has 0 radical (unpaired) electrons. The number of hydrogen-bond donors (Lipinski definition) is 0. The Bertz CT molecular complexity index is 1700. The van der Waals surface area contributed by atoms with Crippen LogP contribution in [0.2, 0.25) is 0 Å². The van der Waals surface area contributed by atoms with Crippen molar-refractivity contribution in [2.75, 3.05) is 13.2 Å². The Labute approximate surface area is 513 Å². The Morgan fingerprint density at radius 3 is 0.747 bits per heavy atom. The third-order valence-electron chi connectivity index (χ3n) is 14.9. The molecule has 0 N–H and O–H groups in total. The molecule has 0 spiro atoms. The van der Waals surface area contributed by atoms with Crippen LogP contribution in [0.25, 0.3) is 0 Å². The Morgan fingerprint density at radius 1 is 0.253 bits per heavy atom. The average Bonchev–Trinajstić information content (AvgIpc) is 3.49. The van der Waals surface area contributed by atoms with Gasteiger partial charge in [-0.1, -0.05) is 303 Å². The van der Waals surface area contributed by atoms with Gasteiger partial charge in [0.1, 0.15) is 13.2 Å². The Hall–Kier alpha value is -4.19. The molecular weight excluding hydrogens is 1020 g/mol. The maximum Gasteiger partial charge on any atom is 0.306 e. The van der Waals surface area contributed by atoms with E-state index in [4.69, 9.17) is 14.2 Å². The molecule has 474 valence electrons. The van der Waals surface area contributed by atoms with Gasteiger partial charge in [-0.3, -0.25) is 14.4 Å². The van der Waals surface area contributed by atoms with Gasteiger partial charge in [0, 0.05) is 19.3 Å². The molecule has 0 bridgehead atoms. The number of rotatable bonds is 63. The molecule has 6 nitrogen and oxygen atoms in total. The summed E-state index contributed by atoms with van der Waals surface area (Å²) in [6.07, 6.45) is 98.0. The van der Waals surface area contributed by atoms with Crippen molar-refractivity contribution in [3.8, 4) is 0 Å². The van der Waals surface area contributed by atoms with Crippen LogP contribution in [0.5, 0.6) is 0 Å². The van der Waals surface area contributed by atoms with Gasteiger partial charge in [-0.15, -0.1) is 0 Å². The van der Waals surface area contributed by atoms with Crippen LogP contribution in [0.3, 0.4) is 0 Å². The van der Waals surface area contributed by atoms with Gasteiger partial charge in [0.2, 0.25) is 0 Å². The third kappa shape index (κ3) is 68.5. The predicted molar refractivity (Wildman–Crippen MR) is 362 cm³/mol. The standard InChI is InChI=1S/C77H130O6/c1-4-7-10-13-16-19-22-25-27-29-31-33-35-36-37-38-39-40-42-43-45-47-49-52-55-58-61-64-67-70-76(79)82-73-74(72-81-75(78)69-66-63-60-57-54-51-24-21-18-15-12-9-6-3)83-77(80)71-68-65-62-59-56-53-50-48-46-44-41-34-32-30-28-26-23-20-17-14-11-8-5-2/h8-9,11-12,17-18,20-22,25-26,28-29,31-32,34,44,46,51,54,74H,4-7,10,13-16,19,23-24,27,30,33,35-43,45,47-50,52-53,55-73H2,1-3H3/b11-8-,12-9-,20-17-,21-18-,25-22-,28-26-,31-29-,34-32-,46-44-,54-51-. The third-order valence-corrected chi connectivity index (χ3v) is 14.9. The highest BCUT2D eigenvalue weighted by molar-refractivity contribution is 5.71. The van der Waals surface area contributed by atoms with Crippen molar-refractivity contribution >= 4 is 17.9 Å². The quantitative estimate of drug-likeness (QED) is 0.0261. The van der Waals surface area contributed by atoms with Crippen LogP contribution in [0.15, 0.2) is 122 Å². The summed E-state index contributed by atoms with van der Waals surface area (Å²) in [7, 11) is 0. The van der Waals surface area contributed by atoms with Crippen molar-refractivity contribution in [2.45, 2.75) is 335 Å². The van der Waals surface area contributed by atoms with E-state index < -0.39 is 6.10 Å². The van der Waals surface area contributed by atoms with E-state index in [1.165, 1.54) is 161 Å². The van der Waals surface area contributed by atoms with E-state index in [0.717, 1.165) is 128 Å². The first-order valence-corrected chi connectivity index (χ1v) is 35.0. The molecule has 1 atom stereocenters. The van der Waals surface area contributed by atoms with Crippen molar-refractivity contribution < 1.29 is 28.6 Å². The first kappa shape index (κ1) is 78.8. The summed E-state index contributed by atoms with van der Waals surface area (Å²) in [6.45, 7) is 6.39. The minimum atomic E-state index is -0.800. The second-order valence-electron chi connectivity index (χ2n) is 23.0. The second-order valence-corrected chi connectivity index (χ2v) is 23.0. The van der Waals surface area contributed by atoms with E-state index in [1.807, 2.05) is 0 Å². The molecule has 0 saturated heterocycles. The van der Waals surface area contributed by atoms with Gasteiger partial charge in [-0.2, -0.15) is 0 Å². The van der Waals surface area contributed by atoms with Gasteiger partial charge >= 0.3 is 17.9 Å². The molecule has 1 unspecified atom stereocenters. The summed E-state index contributed by atoms with van der Waals surface area (Å²) < 4.78 is 16.9. The maximum absolute atomic E-state index is 12.9. The van der Waals surface area contributed by atoms with Crippen LogP contribution < -0.4 is 0 Å². The Kier molecular flexibility index (Phi) is 66.7. The average molecular weight is 1150 g/mol. The van der Waals surface area contributed by atoms with Gasteiger partial charge in [0.05, 0.1) is 0 Å². The van der Waals surface area contributed by atoms with E-state index in [1.54, 1.807) is 0 Å². The van der Waals surface area contributed by atoms with Crippen molar-refractivity contribution in [1.82, 2.24) is 0 Å². The van der Waals surface area contributed by atoms with Crippen LogP contribution in [0.1, 0.15) is 329 Å². The monoisotopic (exact) mass is 1150 g/mol. The Balaban J connectivity index is 4.29. The summed E-state index contributed by atoms with van der Waals surface area (Å²) in [6, 6.07) is 0. The zero-order chi connectivity index (χ0) is 59.9. The molecular formula is C77H130O6. The topological polar surface area (TPSA) is 78.9 Å². The highest BCUT2D eigenvalue weighted by atomic mass is 16.6. The molecule has 0 fully saturated rings. The number of ether oxygens (including phenoxy) is 3. The molecule has 6 heteroatoms. The van der Waals surface area contributed by atoms with Crippen LogP contribution >= 0.6 is 0 Å². The van der Waals surface area contributed by atoms with Gasteiger partial charge in [0.25, 0.3) is 0 Å². The van der Waals surface area contributed by atoms with Gasteiger partial charge < -0.3 is 14.2 Å². The summed E-state index contributed by atoms with van der Waals surface area (Å²) in [5.74, 6) is -0.925. The summed E-state index contributed by atoms with van der Waals surface area (Å²) in [5.41, 5.74) is 0. The zero-order valence-corrected chi connectivity index (χ0v) is 54.4. The molecule has 0 aliphatic rings. The van der Waals surface area contributed by atoms with Crippen molar-refractivity contribution in [3.05, 3.63) is 122 Å². The molecule has 0 saturated carbocycles. The lowest BCUT2D eigenvalue weighted by atomic mass is 10.0. The molecule has 0 aliphatic heterocycles. The lowest BCUT2D eigenvalue weighted by Crippen LogP contribution is -2.30. The molecule has 83 heavy (non-hydrogen) atoms. The van der Waals surface area contributed by atoms with Gasteiger partial charge in [-0.25, -0.2) is 0 Å². The summed E-state index contributed by atoms with van der Waals surface area (Å²) >= 11 is 0. The molecule has 0 aliphatic carbocycles. The number of carbonyl (C=O) groups is 3. The maximum atomic E-state index is 12.9. The smallest absolute Gasteiger partial charge is 0.306 e. The fourth-order valence-electron chi connectivity index (χ4n) is 9.75. The van der Waals surface area contributed by atoms with Crippen molar-refractivity contribution in [2.24, 2.45) is 0 Å². The number of hydrogen-bond acceptors (Lipinski definition) is 6.